The molecular formula is C19H22Br2. The van der Waals surface area contributed by atoms with E-state index in [4.69, 9.17) is 0 Å². The van der Waals surface area contributed by atoms with Gasteiger partial charge in [-0.15, -0.1) is 0 Å². The molecule has 0 aliphatic rings. The molecule has 0 nitrogen and oxygen atoms in total. The van der Waals surface area contributed by atoms with Crippen LogP contribution in [0.25, 0.3) is 0 Å². The minimum atomic E-state index is 0.211. The van der Waals surface area contributed by atoms with E-state index in [1.165, 1.54) is 22.3 Å². The molecule has 0 unspecified atom stereocenters. The maximum atomic E-state index is 3.75. The van der Waals surface area contributed by atoms with Gasteiger partial charge in [0.05, 0.1) is 0 Å². The minimum absolute atomic E-state index is 0.211. The Hall–Kier alpha value is -0.600. The van der Waals surface area contributed by atoms with E-state index in [1.807, 2.05) is 0 Å². The molecule has 0 atom stereocenters. The van der Waals surface area contributed by atoms with Crippen molar-refractivity contribution in [1.29, 1.82) is 0 Å². The van der Waals surface area contributed by atoms with E-state index < -0.39 is 0 Å². The Morgan fingerprint density at radius 3 is 1.95 bits per heavy atom. The molecule has 0 bridgehead atoms. The molecule has 0 spiro atoms. The molecule has 0 saturated heterocycles. The molecule has 0 N–H and O–H groups in total. The Balaban J connectivity index is 2.23. The van der Waals surface area contributed by atoms with Gasteiger partial charge in [0.15, 0.2) is 0 Å². The Labute approximate surface area is 145 Å². The third kappa shape index (κ3) is 4.43. The Morgan fingerprint density at radius 1 is 0.762 bits per heavy atom. The predicted octanol–water partition coefficient (Wildman–Crippen LogP) is 5.86. The summed E-state index contributed by atoms with van der Waals surface area (Å²) in [7, 11) is 0. The SMILES string of the molecule is Cc1ccc(CC(CBr)(CBr)Cc2ccccc2)cc1C. The number of benzene rings is 2. The minimum Gasteiger partial charge on any atom is -0.0921 e. The van der Waals surface area contributed by atoms with E-state index in [2.05, 4.69) is 94.2 Å². The van der Waals surface area contributed by atoms with Gasteiger partial charge in [0.25, 0.3) is 0 Å². The van der Waals surface area contributed by atoms with Crippen molar-refractivity contribution in [3.05, 3.63) is 70.8 Å². The maximum Gasteiger partial charge on any atom is 0.0102 e. The van der Waals surface area contributed by atoms with Crippen molar-refractivity contribution in [1.82, 2.24) is 0 Å². The van der Waals surface area contributed by atoms with Crippen molar-refractivity contribution in [3.63, 3.8) is 0 Å². The van der Waals surface area contributed by atoms with Gasteiger partial charge < -0.3 is 0 Å². The topological polar surface area (TPSA) is 0 Å². The lowest BCUT2D eigenvalue weighted by Gasteiger charge is -2.30. The fraction of sp³-hybridized carbons (Fsp3) is 0.368. The van der Waals surface area contributed by atoms with Crippen LogP contribution in [0.2, 0.25) is 0 Å². The lowest BCUT2D eigenvalue weighted by molar-refractivity contribution is 0.386. The number of hydrogen-bond donors (Lipinski definition) is 0. The first-order chi connectivity index (χ1) is 10.1. The molecule has 0 saturated carbocycles. The lowest BCUT2D eigenvalue weighted by Crippen LogP contribution is -2.30. The molecule has 112 valence electrons. The van der Waals surface area contributed by atoms with Crippen LogP contribution < -0.4 is 0 Å². The van der Waals surface area contributed by atoms with Gasteiger partial charge in [-0.2, -0.15) is 0 Å². The third-order valence-electron chi connectivity index (χ3n) is 4.14. The number of alkyl halides is 2. The van der Waals surface area contributed by atoms with Gasteiger partial charge in [0, 0.05) is 10.7 Å². The van der Waals surface area contributed by atoms with E-state index in [0.29, 0.717) is 0 Å². The van der Waals surface area contributed by atoms with Crippen molar-refractivity contribution >= 4 is 31.9 Å². The van der Waals surface area contributed by atoms with Gasteiger partial charge in [-0.25, -0.2) is 0 Å². The fourth-order valence-electron chi connectivity index (χ4n) is 2.66. The van der Waals surface area contributed by atoms with Crippen LogP contribution in [-0.4, -0.2) is 10.7 Å². The summed E-state index contributed by atoms with van der Waals surface area (Å²) >= 11 is 7.50. The van der Waals surface area contributed by atoms with E-state index >= 15 is 0 Å². The first-order valence-corrected chi connectivity index (χ1v) is 9.55. The average molecular weight is 410 g/mol. The van der Waals surface area contributed by atoms with Crippen LogP contribution in [-0.2, 0) is 12.8 Å². The fourth-order valence-corrected chi connectivity index (χ4v) is 4.38. The van der Waals surface area contributed by atoms with Crippen LogP contribution in [0.1, 0.15) is 22.3 Å². The summed E-state index contributed by atoms with van der Waals surface area (Å²) in [5, 5.41) is 1.99. The van der Waals surface area contributed by atoms with Gasteiger partial charge in [0.2, 0.25) is 0 Å². The van der Waals surface area contributed by atoms with Gasteiger partial charge in [-0.3, -0.25) is 0 Å². The second kappa shape index (κ2) is 7.60. The molecule has 0 fully saturated rings. The summed E-state index contributed by atoms with van der Waals surface area (Å²) in [6, 6.07) is 17.6. The highest BCUT2D eigenvalue weighted by Crippen LogP contribution is 2.32. The van der Waals surface area contributed by atoms with Crippen LogP contribution in [0.15, 0.2) is 48.5 Å². The maximum absolute atomic E-state index is 3.75. The number of rotatable bonds is 6. The number of hydrogen-bond acceptors (Lipinski definition) is 0. The average Bonchev–Trinajstić information content (AvgIpc) is 2.51. The van der Waals surface area contributed by atoms with Crippen molar-refractivity contribution in [2.45, 2.75) is 26.7 Å². The van der Waals surface area contributed by atoms with Crippen molar-refractivity contribution in [3.8, 4) is 0 Å². The van der Waals surface area contributed by atoms with Crippen LogP contribution >= 0.6 is 31.9 Å². The van der Waals surface area contributed by atoms with E-state index in [9.17, 15) is 0 Å². The monoisotopic (exact) mass is 408 g/mol. The smallest absolute Gasteiger partial charge is 0.0102 e. The Bertz CT molecular complexity index is 571. The summed E-state index contributed by atoms with van der Waals surface area (Å²) in [5.41, 5.74) is 5.78. The molecule has 2 aromatic carbocycles. The van der Waals surface area contributed by atoms with Crippen molar-refractivity contribution in [2.75, 3.05) is 10.7 Å². The van der Waals surface area contributed by atoms with E-state index in [-0.39, 0.29) is 5.41 Å². The quantitative estimate of drug-likeness (QED) is 0.523. The highest BCUT2D eigenvalue weighted by Gasteiger charge is 2.28. The summed E-state index contributed by atoms with van der Waals surface area (Å²) in [6.45, 7) is 4.37. The van der Waals surface area contributed by atoms with Gasteiger partial charge in [-0.05, 0) is 54.4 Å². The number of halogens is 2. The predicted molar refractivity (Wildman–Crippen MR) is 99.8 cm³/mol. The van der Waals surface area contributed by atoms with Crippen LogP contribution in [0.3, 0.4) is 0 Å². The third-order valence-corrected chi connectivity index (χ3v) is 6.52. The zero-order valence-corrected chi connectivity index (χ0v) is 15.9. The lowest BCUT2D eigenvalue weighted by atomic mass is 9.79. The van der Waals surface area contributed by atoms with Gasteiger partial charge in [-0.1, -0.05) is 80.4 Å². The van der Waals surface area contributed by atoms with Crippen molar-refractivity contribution in [2.24, 2.45) is 5.41 Å². The highest BCUT2D eigenvalue weighted by molar-refractivity contribution is 9.09. The second-order valence-electron chi connectivity index (χ2n) is 6.03. The molecule has 0 amide bonds. The molecular weight excluding hydrogens is 388 g/mol. The molecule has 0 radical (unpaired) electrons. The molecule has 2 aromatic rings. The number of aryl methyl sites for hydroxylation is 2. The summed E-state index contributed by atoms with van der Waals surface area (Å²) in [5.74, 6) is 0. The highest BCUT2D eigenvalue weighted by atomic mass is 79.9. The molecule has 21 heavy (non-hydrogen) atoms. The van der Waals surface area contributed by atoms with Gasteiger partial charge in [0.1, 0.15) is 0 Å². The largest absolute Gasteiger partial charge is 0.0921 e. The standard InChI is InChI=1S/C19H22Br2/c1-15-8-9-18(10-16(15)2)12-19(13-20,14-21)11-17-6-4-3-5-7-17/h3-10H,11-14H2,1-2H3. The summed E-state index contributed by atoms with van der Waals surface area (Å²) in [4.78, 5) is 0. The second-order valence-corrected chi connectivity index (χ2v) is 7.15. The normalized spacial score (nSPS) is 11.6. The first kappa shape index (κ1) is 16.8. The molecule has 2 heteroatoms. The first-order valence-electron chi connectivity index (χ1n) is 7.30. The van der Waals surface area contributed by atoms with Crippen LogP contribution in [0.4, 0.5) is 0 Å². The summed E-state index contributed by atoms with van der Waals surface area (Å²) < 4.78 is 0. The zero-order chi connectivity index (χ0) is 15.3. The van der Waals surface area contributed by atoms with Crippen molar-refractivity contribution < 1.29 is 0 Å². The molecule has 0 aliphatic carbocycles. The molecule has 0 aliphatic heterocycles. The van der Waals surface area contributed by atoms with Crippen LogP contribution in [0.5, 0.6) is 0 Å². The Kier molecular flexibility index (Phi) is 6.07. The zero-order valence-electron chi connectivity index (χ0n) is 12.7. The summed E-state index contributed by atoms with van der Waals surface area (Å²) in [6.07, 6.45) is 2.16. The Morgan fingerprint density at radius 2 is 1.38 bits per heavy atom. The molecule has 2 rings (SSSR count). The van der Waals surface area contributed by atoms with Gasteiger partial charge >= 0.3 is 0 Å². The molecule has 0 aromatic heterocycles. The van der Waals surface area contributed by atoms with E-state index in [0.717, 1.165) is 23.5 Å². The van der Waals surface area contributed by atoms with Crippen LogP contribution in [0, 0.1) is 19.3 Å². The molecule has 0 heterocycles. The van der Waals surface area contributed by atoms with E-state index in [1.54, 1.807) is 0 Å².